The van der Waals surface area contributed by atoms with Gasteiger partial charge in [-0.05, 0) is 37.1 Å². The molecule has 0 aliphatic carbocycles. The Morgan fingerprint density at radius 3 is 2.45 bits per heavy atom. The van der Waals surface area contributed by atoms with Gasteiger partial charge in [0.05, 0.1) is 13.7 Å². The van der Waals surface area contributed by atoms with Crippen molar-refractivity contribution in [2.75, 3.05) is 20.3 Å². The summed E-state index contributed by atoms with van der Waals surface area (Å²) in [5.41, 5.74) is 0. The van der Waals surface area contributed by atoms with Crippen molar-refractivity contribution >= 4 is 11.9 Å². The van der Waals surface area contributed by atoms with Crippen molar-refractivity contribution in [1.29, 1.82) is 0 Å². The Balaban J connectivity index is 1.66. The van der Waals surface area contributed by atoms with Crippen LogP contribution in [0.1, 0.15) is 12.8 Å². The summed E-state index contributed by atoms with van der Waals surface area (Å²) in [6.45, 7) is 0.635. The highest BCUT2D eigenvalue weighted by Crippen LogP contribution is 2.20. The molecule has 2 rings (SSSR count). The molecule has 1 aliphatic heterocycles. The number of nitrogens with one attached hydrogen (secondary N) is 1. The second-order valence-corrected chi connectivity index (χ2v) is 4.84. The van der Waals surface area contributed by atoms with E-state index >= 15 is 0 Å². The first kappa shape index (κ1) is 16.1. The van der Waals surface area contributed by atoms with Crippen molar-refractivity contribution in [3.8, 4) is 11.5 Å². The van der Waals surface area contributed by atoms with Gasteiger partial charge in [-0.15, -0.1) is 0 Å². The predicted octanol–water partition coefficient (Wildman–Crippen LogP) is 0.822. The number of carbonyl (C=O) groups excluding carboxylic acids is 1. The summed E-state index contributed by atoms with van der Waals surface area (Å²) >= 11 is 0. The minimum Gasteiger partial charge on any atom is -0.497 e. The first-order valence-corrected chi connectivity index (χ1v) is 7.03. The Morgan fingerprint density at radius 2 is 1.86 bits per heavy atom. The van der Waals surface area contributed by atoms with Crippen LogP contribution < -0.4 is 14.8 Å². The zero-order valence-electron chi connectivity index (χ0n) is 12.3. The Morgan fingerprint density at radius 1 is 1.23 bits per heavy atom. The summed E-state index contributed by atoms with van der Waals surface area (Å²) in [7, 11) is 1.59. The molecule has 7 nitrogen and oxygen atoms in total. The largest absolute Gasteiger partial charge is 0.497 e. The fourth-order valence-corrected chi connectivity index (χ4v) is 2.14. The molecule has 0 unspecified atom stereocenters. The molecular weight excluding hydrogens is 290 g/mol. The highest BCUT2D eigenvalue weighted by atomic mass is 16.5. The lowest BCUT2D eigenvalue weighted by Gasteiger charge is -2.12. The Labute approximate surface area is 128 Å². The van der Waals surface area contributed by atoms with Crippen LogP contribution in [0.2, 0.25) is 0 Å². The molecule has 7 heteroatoms. The van der Waals surface area contributed by atoms with Crippen LogP contribution in [0.4, 0.5) is 0 Å². The smallest absolute Gasteiger partial charge is 0.332 e. The molecule has 1 fully saturated rings. The highest BCUT2D eigenvalue weighted by Gasteiger charge is 2.34. The monoisotopic (exact) mass is 309 g/mol. The van der Waals surface area contributed by atoms with E-state index in [1.807, 2.05) is 0 Å². The number of carbonyl (C=O) groups is 2. The van der Waals surface area contributed by atoms with Crippen molar-refractivity contribution < 1.29 is 28.9 Å². The zero-order chi connectivity index (χ0) is 15.9. The first-order valence-electron chi connectivity index (χ1n) is 7.03. The molecule has 0 radical (unpaired) electrons. The molecule has 1 aliphatic rings. The van der Waals surface area contributed by atoms with Crippen LogP contribution in [-0.4, -0.2) is 49.5 Å². The van der Waals surface area contributed by atoms with Crippen molar-refractivity contribution in [1.82, 2.24) is 5.32 Å². The van der Waals surface area contributed by atoms with Gasteiger partial charge in [-0.2, -0.15) is 0 Å². The molecule has 1 aromatic rings. The lowest BCUT2D eigenvalue weighted by atomic mass is 10.2. The van der Waals surface area contributed by atoms with Crippen LogP contribution in [0.5, 0.6) is 11.5 Å². The van der Waals surface area contributed by atoms with Crippen LogP contribution >= 0.6 is 0 Å². The van der Waals surface area contributed by atoms with E-state index < -0.39 is 18.2 Å². The van der Waals surface area contributed by atoms with E-state index in [0.717, 1.165) is 5.75 Å². The standard InChI is InChI=1S/C15H19NO6/c1-20-10-2-4-11(5-3-10)21-9-8-16-14(17)12-6-7-13(22-12)15(18)19/h2-5,12-13H,6-9H2,1H3,(H,16,17)(H,18,19)/t12-,13+/m0/s1. The van der Waals surface area contributed by atoms with Gasteiger partial charge in [-0.3, -0.25) is 4.79 Å². The minimum atomic E-state index is -1.03. The van der Waals surface area contributed by atoms with Crippen LogP contribution in [0.25, 0.3) is 0 Å². The number of ether oxygens (including phenoxy) is 3. The third-order valence-corrected chi connectivity index (χ3v) is 3.32. The molecular formula is C15H19NO6. The van der Waals surface area contributed by atoms with Gasteiger partial charge in [0, 0.05) is 0 Å². The fraction of sp³-hybridized carbons (Fsp3) is 0.467. The number of carboxylic acids is 1. The third-order valence-electron chi connectivity index (χ3n) is 3.32. The number of amides is 1. The van der Waals surface area contributed by atoms with E-state index in [1.165, 1.54) is 0 Å². The van der Waals surface area contributed by atoms with Crippen LogP contribution in [0, 0.1) is 0 Å². The maximum Gasteiger partial charge on any atom is 0.332 e. The van der Waals surface area contributed by atoms with Crippen molar-refractivity contribution in [2.24, 2.45) is 0 Å². The second kappa shape index (κ2) is 7.65. The van der Waals surface area contributed by atoms with Gasteiger partial charge in [0.1, 0.15) is 24.2 Å². The Bertz CT molecular complexity index is 515. The van der Waals surface area contributed by atoms with Gasteiger partial charge >= 0.3 is 5.97 Å². The average Bonchev–Trinajstić information content (AvgIpc) is 3.02. The maximum atomic E-state index is 11.8. The predicted molar refractivity (Wildman–Crippen MR) is 77.0 cm³/mol. The summed E-state index contributed by atoms with van der Waals surface area (Å²) in [5, 5.41) is 11.5. The summed E-state index contributed by atoms with van der Waals surface area (Å²) in [4.78, 5) is 22.6. The Kier molecular flexibility index (Phi) is 5.60. The quantitative estimate of drug-likeness (QED) is 0.724. The number of rotatable bonds is 7. The molecule has 22 heavy (non-hydrogen) atoms. The van der Waals surface area contributed by atoms with Gasteiger partial charge in [-0.25, -0.2) is 4.79 Å². The molecule has 0 aromatic heterocycles. The van der Waals surface area contributed by atoms with Gasteiger partial charge in [0.15, 0.2) is 6.10 Å². The van der Waals surface area contributed by atoms with Crippen molar-refractivity contribution in [2.45, 2.75) is 25.0 Å². The highest BCUT2D eigenvalue weighted by molar-refractivity contribution is 5.82. The fourth-order valence-electron chi connectivity index (χ4n) is 2.14. The molecule has 1 heterocycles. The van der Waals surface area contributed by atoms with Gasteiger partial charge in [0.25, 0.3) is 0 Å². The molecule has 2 atom stereocenters. The molecule has 1 saturated heterocycles. The van der Waals surface area contributed by atoms with E-state index in [0.29, 0.717) is 31.7 Å². The van der Waals surface area contributed by atoms with Crippen molar-refractivity contribution in [3.05, 3.63) is 24.3 Å². The summed E-state index contributed by atoms with van der Waals surface area (Å²) in [6.07, 6.45) is -0.800. The normalized spacial score (nSPS) is 20.4. The number of carboxylic acid groups (broad SMARTS) is 1. The second-order valence-electron chi connectivity index (χ2n) is 4.84. The summed E-state index contributed by atoms with van der Waals surface area (Å²) < 4.78 is 15.7. The van der Waals surface area contributed by atoms with E-state index in [4.69, 9.17) is 19.3 Å². The number of hydrogen-bond acceptors (Lipinski definition) is 5. The molecule has 1 amide bonds. The average molecular weight is 309 g/mol. The zero-order valence-corrected chi connectivity index (χ0v) is 12.3. The number of aliphatic carboxylic acids is 1. The Hall–Kier alpha value is -2.28. The molecule has 0 saturated carbocycles. The number of hydrogen-bond donors (Lipinski definition) is 2. The topological polar surface area (TPSA) is 94.1 Å². The SMILES string of the molecule is COc1ccc(OCCNC(=O)[C@@H]2CC[C@H](C(=O)O)O2)cc1. The summed E-state index contributed by atoms with van der Waals surface area (Å²) in [6, 6.07) is 7.12. The van der Waals surface area contributed by atoms with Gasteiger partial charge < -0.3 is 24.6 Å². The lowest BCUT2D eigenvalue weighted by molar-refractivity contribution is -0.151. The lowest BCUT2D eigenvalue weighted by Crippen LogP contribution is -2.37. The van der Waals surface area contributed by atoms with Crippen LogP contribution in [0.15, 0.2) is 24.3 Å². The van der Waals surface area contributed by atoms with Crippen LogP contribution in [0.3, 0.4) is 0 Å². The first-order chi connectivity index (χ1) is 10.6. The molecule has 1 aromatic carbocycles. The minimum absolute atomic E-state index is 0.304. The summed E-state index contributed by atoms with van der Waals surface area (Å²) in [5.74, 6) is 0.0883. The van der Waals surface area contributed by atoms with Crippen LogP contribution in [-0.2, 0) is 14.3 Å². The molecule has 0 spiro atoms. The van der Waals surface area contributed by atoms with E-state index in [9.17, 15) is 9.59 Å². The van der Waals surface area contributed by atoms with Crippen molar-refractivity contribution in [3.63, 3.8) is 0 Å². The van der Waals surface area contributed by atoms with E-state index in [1.54, 1.807) is 31.4 Å². The van der Waals surface area contributed by atoms with E-state index in [2.05, 4.69) is 5.32 Å². The van der Waals surface area contributed by atoms with E-state index in [-0.39, 0.29) is 5.91 Å². The van der Waals surface area contributed by atoms with Gasteiger partial charge in [-0.1, -0.05) is 0 Å². The maximum absolute atomic E-state index is 11.8. The number of benzene rings is 1. The van der Waals surface area contributed by atoms with Gasteiger partial charge in [0.2, 0.25) is 5.91 Å². The molecule has 0 bridgehead atoms. The molecule has 2 N–H and O–H groups in total. The number of methoxy groups -OCH3 is 1. The third kappa shape index (κ3) is 4.36. The molecule has 120 valence electrons.